The molecule has 2 aromatic heterocycles. The Hall–Kier alpha value is -3.96. The van der Waals surface area contributed by atoms with Crippen molar-refractivity contribution in [2.75, 3.05) is 0 Å². The van der Waals surface area contributed by atoms with Gasteiger partial charge in [0.05, 0.1) is 23.3 Å². The van der Waals surface area contributed by atoms with Crippen LogP contribution in [0.3, 0.4) is 0 Å². The maximum atomic E-state index is 9.30. The van der Waals surface area contributed by atoms with E-state index in [1.54, 1.807) is 22.7 Å². The molecule has 0 spiro atoms. The highest BCUT2D eigenvalue weighted by Crippen LogP contribution is 2.43. The molecule has 0 unspecified atom stereocenters. The number of rotatable bonds is 0. The first kappa shape index (κ1) is 17.7. The zero-order valence-corrected chi connectivity index (χ0v) is 18.3. The van der Waals surface area contributed by atoms with E-state index in [-0.39, 0.29) is 0 Å². The molecule has 0 atom stereocenters. The lowest BCUT2D eigenvalue weighted by atomic mass is 9.99. The van der Waals surface area contributed by atoms with Crippen molar-refractivity contribution in [1.82, 2.24) is 0 Å². The topological polar surface area (TPSA) is 47.6 Å². The molecule has 4 heteroatoms. The van der Waals surface area contributed by atoms with Crippen LogP contribution >= 0.6 is 22.7 Å². The SMILES string of the molecule is N#Cc1ccc2sc3c4cc5ccc6c7cc(C#N)ccc7sc6c5cc4ccc3c2c1. The van der Waals surface area contributed by atoms with Crippen molar-refractivity contribution in [3.05, 3.63) is 83.9 Å². The number of thiophene rings is 2. The van der Waals surface area contributed by atoms with Gasteiger partial charge < -0.3 is 0 Å². The fraction of sp³-hybridized carbons (Fsp3) is 0. The summed E-state index contributed by atoms with van der Waals surface area (Å²) in [5.74, 6) is 0. The van der Waals surface area contributed by atoms with Crippen LogP contribution < -0.4 is 0 Å². The molecule has 7 rings (SSSR count). The van der Waals surface area contributed by atoms with Gasteiger partial charge in [-0.1, -0.05) is 24.3 Å². The Morgan fingerprint density at radius 2 is 0.938 bits per heavy atom. The number of nitriles is 2. The molecule has 0 fully saturated rings. The first-order valence-corrected chi connectivity index (χ1v) is 11.8. The van der Waals surface area contributed by atoms with E-state index >= 15 is 0 Å². The minimum absolute atomic E-state index is 0.697. The molecule has 32 heavy (non-hydrogen) atoms. The average Bonchev–Trinajstić information content (AvgIpc) is 3.40. The maximum Gasteiger partial charge on any atom is 0.0991 e. The summed E-state index contributed by atoms with van der Waals surface area (Å²) < 4.78 is 4.95. The molecule has 0 aliphatic carbocycles. The van der Waals surface area contributed by atoms with Crippen LogP contribution in [0.15, 0.2) is 72.8 Å². The van der Waals surface area contributed by atoms with Crippen LogP contribution in [0.5, 0.6) is 0 Å². The molecule has 0 N–H and O–H groups in total. The van der Waals surface area contributed by atoms with Gasteiger partial charge >= 0.3 is 0 Å². The lowest BCUT2D eigenvalue weighted by molar-refractivity contribution is 1.50. The van der Waals surface area contributed by atoms with Gasteiger partial charge in [-0.15, -0.1) is 22.7 Å². The second kappa shape index (κ2) is 6.28. The summed E-state index contributed by atoms with van der Waals surface area (Å²) >= 11 is 3.59. The summed E-state index contributed by atoms with van der Waals surface area (Å²) in [7, 11) is 0. The van der Waals surface area contributed by atoms with Crippen molar-refractivity contribution in [2.24, 2.45) is 0 Å². The van der Waals surface area contributed by atoms with Gasteiger partial charge in [-0.2, -0.15) is 10.5 Å². The Bertz CT molecular complexity index is 1860. The van der Waals surface area contributed by atoms with Crippen LogP contribution in [-0.2, 0) is 0 Å². The number of nitrogens with zero attached hydrogens (tertiary/aromatic N) is 2. The number of fused-ring (bicyclic) bond motifs is 10. The third-order valence-electron chi connectivity index (χ3n) is 6.28. The molecule has 0 aliphatic rings. The highest BCUT2D eigenvalue weighted by Gasteiger charge is 2.13. The molecular weight excluding hydrogens is 428 g/mol. The fourth-order valence-electron chi connectivity index (χ4n) is 4.75. The van der Waals surface area contributed by atoms with Crippen LogP contribution in [0.1, 0.15) is 11.1 Å². The number of hydrogen-bond acceptors (Lipinski definition) is 4. The van der Waals surface area contributed by atoms with E-state index in [0.717, 1.165) is 10.8 Å². The average molecular weight is 441 g/mol. The molecule has 2 heterocycles. The highest BCUT2D eigenvalue weighted by molar-refractivity contribution is 7.27. The van der Waals surface area contributed by atoms with Crippen LogP contribution in [0.2, 0.25) is 0 Å². The predicted octanol–water partition coefficient (Wildman–Crippen LogP) is 8.47. The van der Waals surface area contributed by atoms with Gasteiger partial charge in [0.25, 0.3) is 0 Å². The largest absolute Gasteiger partial charge is 0.192 e. The van der Waals surface area contributed by atoms with Gasteiger partial charge in [0.1, 0.15) is 0 Å². The molecule has 0 aliphatic heterocycles. The van der Waals surface area contributed by atoms with E-state index in [4.69, 9.17) is 0 Å². The van der Waals surface area contributed by atoms with E-state index in [9.17, 15) is 10.5 Å². The van der Waals surface area contributed by atoms with Crippen molar-refractivity contribution in [3.63, 3.8) is 0 Å². The van der Waals surface area contributed by atoms with E-state index < -0.39 is 0 Å². The van der Waals surface area contributed by atoms with Gasteiger partial charge in [0.2, 0.25) is 0 Å². The zero-order valence-electron chi connectivity index (χ0n) is 16.6. The second-order valence-electron chi connectivity index (χ2n) is 8.03. The summed E-state index contributed by atoms with van der Waals surface area (Å²) in [6.45, 7) is 0. The molecule has 146 valence electrons. The summed E-state index contributed by atoms with van der Waals surface area (Å²) in [5.41, 5.74) is 1.39. The van der Waals surface area contributed by atoms with Crippen LogP contribution in [-0.4, -0.2) is 0 Å². The van der Waals surface area contributed by atoms with Crippen LogP contribution in [0, 0.1) is 22.7 Å². The van der Waals surface area contributed by atoms with Crippen molar-refractivity contribution in [1.29, 1.82) is 10.5 Å². The molecule has 0 bridgehead atoms. The van der Waals surface area contributed by atoms with Crippen molar-refractivity contribution >= 4 is 84.6 Å². The Morgan fingerprint density at radius 3 is 1.38 bits per heavy atom. The van der Waals surface area contributed by atoms with Crippen molar-refractivity contribution < 1.29 is 0 Å². The molecule has 0 amide bonds. The predicted molar refractivity (Wildman–Crippen MR) is 137 cm³/mol. The monoisotopic (exact) mass is 440 g/mol. The highest BCUT2D eigenvalue weighted by atomic mass is 32.1. The Labute approximate surface area is 190 Å². The van der Waals surface area contributed by atoms with Gasteiger partial charge in [-0.05, 0) is 59.3 Å². The Balaban J connectivity index is 1.58. The number of benzene rings is 5. The van der Waals surface area contributed by atoms with Crippen molar-refractivity contribution in [2.45, 2.75) is 0 Å². The molecule has 2 nitrogen and oxygen atoms in total. The Morgan fingerprint density at radius 1 is 0.469 bits per heavy atom. The minimum atomic E-state index is 0.697. The molecular formula is C28H12N2S2. The normalized spacial score (nSPS) is 11.7. The van der Waals surface area contributed by atoms with Crippen molar-refractivity contribution in [3.8, 4) is 12.1 Å². The number of hydrogen-bond donors (Lipinski definition) is 0. The van der Waals surface area contributed by atoms with Gasteiger partial charge in [-0.25, -0.2) is 0 Å². The zero-order chi connectivity index (χ0) is 21.4. The van der Waals surface area contributed by atoms with Crippen LogP contribution in [0.25, 0.3) is 61.9 Å². The van der Waals surface area contributed by atoms with E-state index in [2.05, 4.69) is 60.7 Å². The second-order valence-corrected chi connectivity index (χ2v) is 10.1. The van der Waals surface area contributed by atoms with Gasteiger partial charge in [0.15, 0.2) is 0 Å². The lowest BCUT2D eigenvalue weighted by Crippen LogP contribution is -1.78. The van der Waals surface area contributed by atoms with E-state index in [1.165, 1.54) is 51.1 Å². The smallest absolute Gasteiger partial charge is 0.0991 e. The molecule has 5 aromatic carbocycles. The first-order chi connectivity index (χ1) is 15.7. The standard InChI is InChI=1S/C28H12N2S2/c29-13-15-1-7-25-23(9-15)19-5-3-17-12-22-18(11-21(17)27(19)31-25)4-6-20-24-10-16(14-30)2-8-26(24)32-28(20)22/h1-12H. The minimum Gasteiger partial charge on any atom is -0.192 e. The first-order valence-electron chi connectivity index (χ1n) is 10.2. The lowest BCUT2D eigenvalue weighted by Gasteiger charge is -2.05. The molecule has 0 saturated carbocycles. The van der Waals surface area contributed by atoms with Gasteiger partial charge in [-0.3, -0.25) is 0 Å². The van der Waals surface area contributed by atoms with Crippen LogP contribution in [0.4, 0.5) is 0 Å². The summed E-state index contributed by atoms with van der Waals surface area (Å²) in [5, 5.41) is 28.3. The third-order valence-corrected chi connectivity index (χ3v) is 8.72. The summed E-state index contributed by atoms with van der Waals surface area (Å²) in [6.07, 6.45) is 0. The molecule has 0 saturated heterocycles. The quantitative estimate of drug-likeness (QED) is 0.222. The summed E-state index contributed by atoms with van der Waals surface area (Å²) in [4.78, 5) is 0. The maximum absolute atomic E-state index is 9.30. The van der Waals surface area contributed by atoms with E-state index in [1.807, 2.05) is 24.3 Å². The molecule has 0 radical (unpaired) electrons. The third kappa shape index (κ3) is 2.31. The van der Waals surface area contributed by atoms with Gasteiger partial charge in [0, 0.05) is 51.1 Å². The van der Waals surface area contributed by atoms with E-state index in [0.29, 0.717) is 11.1 Å². The molecule has 7 aromatic rings. The Kier molecular flexibility index (Phi) is 3.47. The fourth-order valence-corrected chi connectivity index (χ4v) is 7.17. The summed E-state index contributed by atoms with van der Waals surface area (Å²) in [6, 6.07) is 29.8.